The van der Waals surface area contributed by atoms with Gasteiger partial charge in [-0.25, -0.2) is 0 Å². The third-order valence-corrected chi connectivity index (χ3v) is 3.21. The predicted molar refractivity (Wildman–Crippen MR) is 70.3 cm³/mol. The fourth-order valence-electron chi connectivity index (χ4n) is 2.13. The lowest BCUT2D eigenvalue weighted by Crippen LogP contribution is -2.38. The van der Waals surface area contributed by atoms with Crippen LogP contribution in [0, 0.1) is 0 Å². The van der Waals surface area contributed by atoms with Crippen molar-refractivity contribution >= 4 is 11.6 Å². The van der Waals surface area contributed by atoms with Crippen molar-refractivity contribution < 1.29 is 4.79 Å². The van der Waals surface area contributed by atoms with Gasteiger partial charge >= 0.3 is 0 Å². The zero-order chi connectivity index (χ0) is 12.1. The minimum atomic E-state index is 0.224. The molecule has 1 fully saturated rings. The van der Waals surface area contributed by atoms with Crippen LogP contribution in [0.2, 0.25) is 0 Å². The molecular formula is C14H20N2O. The number of nitrogens with one attached hydrogen (secondary N) is 1. The maximum atomic E-state index is 12.0. The lowest BCUT2D eigenvalue weighted by Gasteiger charge is -2.25. The van der Waals surface area contributed by atoms with Crippen LogP contribution >= 0.6 is 0 Å². The number of hydrogen-bond donors (Lipinski definition) is 1. The summed E-state index contributed by atoms with van der Waals surface area (Å²) in [7, 11) is 0. The van der Waals surface area contributed by atoms with Crippen molar-refractivity contribution in [2.24, 2.45) is 0 Å². The van der Waals surface area contributed by atoms with Gasteiger partial charge in [0.25, 0.3) is 0 Å². The molecule has 1 aliphatic rings. The largest absolute Gasteiger partial charge is 0.316 e. The van der Waals surface area contributed by atoms with Crippen molar-refractivity contribution in [2.45, 2.75) is 26.2 Å². The van der Waals surface area contributed by atoms with Gasteiger partial charge in [-0.2, -0.15) is 0 Å². The number of carbonyl (C=O) groups is 1. The summed E-state index contributed by atoms with van der Waals surface area (Å²) >= 11 is 0. The average Bonchev–Trinajstić information content (AvgIpc) is 2.35. The Kier molecular flexibility index (Phi) is 4.15. The van der Waals surface area contributed by atoms with Crippen LogP contribution in [0.15, 0.2) is 24.3 Å². The van der Waals surface area contributed by atoms with Crippen LogP contribution in [-0.2, 0) is 11.2 Å². The van der Waals surface area contributed by atoms with Gasteiger partial charge in [0, 0.05) is 25.2 Å². The van der Waals surface area contributed by atoms with Crippen LogP contribution < -0.4 is 10.2 Å². The van der Waals surface area contributed by atoms with Crippen molar-refractivity contribution in [3.8, 4) is 0 Å². The van der Waals surface area contributed by atoms with E-state index in [1.807, 2.05) is 4.90 Å². The number of nitrogens with zero attached hydrogens (tertiary/aromatic N) is 1. The van der Waals surface area contributed by atoms with E-state index in [-0.39, 0.29) is 5.91 Å². The Morgan fingerprint density at radius 2 is 2.00 bits per heavy atom. The van der Waals surface area contributed by atoms with Gasteiger partial charge in [-0.15, -0.1) is 0 Å². The first-order chi connectivity index (χ1) is 8.31. The number of amides is 1. The summed E-state index contributed by atoms with van der Waals surface area (Å²) in [5, 5.41) is 3.26. The monoisotopic (exact) mass is 232 g/mol. The first-order valence-corrected chi connectivity index (χ1v) is 6.41. The van der Waals surface area contributed by atoms with Gasteiger partial charge in [-0.05, 0) is 37.1 Å². The van der Waals surface area contributed by atoms with Gasteiger partial charge < -0.3 is 10.2 Å². The molecule has 0 atom stereocenters. The molecule has 0 bridgehead atoms. The standard InChI is InChI=1S/C14H20N2O/c1-2-12-4-6-13(7-5-12)16-11-3-9-15-10-8-14(16)17/h4-7,15H,2-3,8-11H2,1H3. The van der Waals surface area contributed by atoms with E-state index in [0.717, 1.165) is 38.2 Å². The number of aryl methyl sites for hydroxylation is 1. The number of anilines is 1. The number of hydrogen-bond acceptors (Lipinski definition) is 2. The van der Waals surface area contributed by atoms with Crippen LogP contribution in [-0.4, -0.2) is 25.5 Å². The highest BCUT2D eigenvalue weighted by Gasteiger charge is 2.16. The molecule has 0 unspecified atom stereocenters. The number of rotatable bonds is 2. The number of carbonyl (C=O) groups excluding carboxylic acids is 1. The Labute approximate surface area is 103 Å². The maximum Gasteiger partial charge on any atom is 0.228 e. The van der Waals surface area contributed by atoms with Crippen LogP contribution in [0.4, 0.5) is 5.69 Å². The lowest BCUT2D eigenvalue weighted by molar-refractivity contribution is -0.118. The SMILES string of the molecule is CCc1ccc(N2CCCNCCC2=O)cc1. The Morgan fingerprint density at radius 3 is 2.71 bits per heavy atom. The minimum absolute atomic E-state index is 0.224. The third kappa shape index (κ3) is 3.07. The molecule has 3 heteroatoms. The summed E-state index contributed by atoms with van der Waals surface area (Å²) in [5.74, 6) is 0.224. The molecule has 1 heterocycles. The van der Waals surface area contributed by atoms with Gasteiger partial charge in [-0.1, -0.05) is 19.1 Å². The molecule has 0 radical (unpaired) electrons. The molecule has 1 amide bonds. The molecule has 2 rings (SSSR count). The van der Waals surface area contributed by atoms with Crippen molar-refractivity contribution in [1.29, 1.82) is 0 Å². The summed E-state index contributed by atoms with van der Waals surface area (Å²) in [6.45, 7) is 4.75. The van der Waals surface area contributed by atoms with Gasteiger partial charge in [0.1, 0.15) is 0 Å². The fourth-order valence-corrected chi connectivity index (χ4v) is 2.13. The van der Waals surface area contributed by atoms with E-state index in [0.29, 0.717) is 6.42 Å². The third-order valence-electron chi connectivity index (χ3n) is 3.21. The molecule has 1 N–H and O–H groups in total. The van der Waals surface area contributed by atoms with Crippen molar-refractivity contribution in [2.75, 3.05) is 24.5 Å². The summed E-state index contributed by atoms with van der Waals surface area (Å²) in [6.07, 6.45) is 2.65. The molecule has 0 saturated carbocycles. The first kappa shape index (κ1) is 12.1. The zero-order valence-electron chi connectivity index (χ0n) is 10.4. The average molecular weight is 232 g/mol. The van der Waals surface area contributed by atoms with E-state index in [9.17, 15) is 4.79 Å². The molecule has 17 heavy (non-hydrogen) atoms. The lowest BCUT2D eigenvalue weighted by atomic mass is 10.1. The second kappa shape index (κ2) is 5.82. The van der Waals surface area contributed by atoms with Gasteiger partial charge in [0.05, 0.1) is 0 Å². The van der Waals surface area contributed by atoms with Gasteiger partial charge in [0.15, 0.2) is 0 Å². The first-order valence-electron chi connectivity index (χ1n) is 6.41. The van der Waals surface area contributed by atoms with E-state index in [1.165, 1.54) is 5.56 Å². The summed E-state index contributed by atoms with van der Waals surface area (Å²) in [4.78, 5) is 13.9. The smallest absolute Gasteiger partial charge is 0.228 e. The molecule has 1 saturated heterocycles. The molecular weight excluding hydrogens is 212 g/mol. The van der Waals surface area contributed by atoms with Gasteiger partial charge in [-0.3, -0.25) is 4.79 Å². The molecule has 0 spiro atoms. The van der Waals surface area contributed by atoms with Crippen molar-refractivity contribution in [3.63, 3.8) is 0 Å². The Hall–Kier alpha value is -1.35. The van der Waals surface area contributed by atoms with Crippen LogP contribution in [0.5, 0.6) is 0 Å². The highest BCUT2D eigenvalue weighted by molar-refractivity contribution is 5.93. The molecule has 0 aromatic heterocycles. The summed E-state index contributed by atoms with van der Waals surface area (Å²) in [6, 6.07) is 8.34. The highest BCUT2D eigenvalue weighted by atomic mass is 16.2. The normalized spacial score (nSPS) is 17.7. The van der Waals surface area contributed by atoms with E-state index in [1.54, 1.807) is 0 Å². The second-order valence-corrected chi connectivity index (χ2v) is 4.42. The topological polar surface area (TPSA) is 32.3 Å². The summed E-state index contributed by atoms with van der Waals surface area (Å²) in [5.41, 5.74) is 2.35. The van der Waals surface area contributed by atoms with E-state index in [2.05, 4.69) is 36.5 Å². The fraction of sp³-hybridized carbons (Fsp3) is 0.500. The van der Waals surface area contributed by atoms with Crippen molar-refractivity contribution in [3.05, 3.63) is 29.8 Å². The molecule has 1 aliphatic heterocycles. The Balaban J connectivity index is 2.13. The van der Waals surface area contributed by atoms with Gasteiger partial charge in [0.2, 0.25) is 5.91 Å². The Morgan fingerprint density at radius 1 is 1.24 bits per heavy atom. The predicted octanol–water partition coefficient (Wildman–Crippen LogP) is 1.97. The quantitative estimate of drug-likeness (QED) is 0.845. The zero-order valence-corrected chi connectivity index (χ0v) is 10.4. The molecule has 1 aromatic carbocycles. The maximum absolute atomic E-state index is 12.0. The molecule has 0 aliphatic carbocycles. The molecule has 1 aromatic rings. The minimum Gasteiger partial charge on any atom is -0.316 e. The van der Waals surface area contributed by atoms with E-state index in [4.69, 9.17) is 0 Å². The number of benzene rings is 1. The molecule has 3 nitrogen and oxygen atoms in total. The Bertz CT molecular complexity index is 372. The van der Waals surface area contributed by atoms with Crippen LogP contribution in [0.25, 0.3) is 0 Å². The second-order valence-electron chi connectivity index (χ2n) is 4.42. The van der Waals surface area contributed by atoms with E-state index >= 15 is 0 Å². The highest BCUT2D eigenvalue weighted by Crippen LogP contribution is 2.17. The van der Waals surface area contributed by atoms with Crippen molar-refractivity contribution in [1.82, 2.24) is 5.32 Å². The van der Waals surface area contributed by atoms with Crippen LogP contribution in [0.1, 0.15) is 25.3 Å². The molecule has 92 valence electrons. The van der Waals surface area contributed by atoms with Crippen LogP contribution in [0.3, 0.4) is 0 Å². The van der Waals surface area contributed by atoms with E-state index < -0.39 is 0 Å². The summed E-state index contributed by atoms with van der Waals surface area (Å²) < 4.78 is 0.